The predicted molar refractivity (Wildman–Crippen MR) is 200 cm³/mol. The first-order chi connectivity index (χ1) is 26.5. The number of hydrogen-bond donors (Lipinski definition) is 2. The summed E-state index contributed by atoms with van der Waals surface area (Å²) in [6.45, 7) is 7.05. The van der Waals surface area contributed by atoms with Gasteiger partial charge in [-0.25, -0.2) is 18.9 Å². The van der Waals surface area contributed by atoms with Crippen LogP contribution in [0.1, 0.15) is 91.4 Å². The van der Waals surface area contributed by atoms with E-state index in [1.54, 1.807) is 53.6 Å². The van der Waals surface area contributed by atoms with Crippen LogP contribution in [0.2, 0.25) is 0 Å². The van der Waals surface area contributed by atoms with Crippen molar-refractivity contribution in [3.63, 3.8) is 0 Å². The Labute approximate surface area is 317 Å². The van der Waals surface area contributed by atoms with Crippen LogP contribution in [-0.2, 0) is 20.1 Å². The zero-order valence-electron chi connectivity index (χ0n) is 30.9. The number of benzene rings is 1. The van der Waals surface area contributed by atoms with E-state index in [1.807, 2.05) is 41.5 Å². The van der Waals surface area contributed by atoms with Gasteiger partial charge in [0.1, 0.15) is 17.1 Å². The molecule has 14 nitrogen and oxygen atoms in total. The molecule has 5 aromatic rings. The van der Waals surface area contributed by atoms with Gasteiger partial charge < -0.3 is 19.4 Å². The Morgan fingerprint density at radius 2 is 1.78 bits per heavy atom. The Morgan fingerprint density at radius 1 is 1.04 bits per heavy atom. The number of hydrogen-bond acceptors (Lipinski definition) is 9. The first-order valence-corrected chi connectivity index (χ1v) is 19.0. The van der Waals surface area contributed by atoms with Crippen LogP contribution >= 0.6 is 0 Å². The maximum Gasteiger partial charge on any atom is 0.268 e. The number of likely N-dealkylation sites (tertiary alicyclic amines) is 2. The number of imidazole rings is 1. The van der Waals surface area contributed by atoms with Crippen molar-refractivity contribution >= 4 is 40.6 Å². The summed E-state index contributed by atoms with van der Waals surface area (Å²) in [7, 11) is 0. The van der Waals surface area contributed by atoms with Crippen LogP contribution in [0.3, 0.4) is 0 Å². The van der Waals surface area contributed by atoms with E-state index in [4.69, 9.17) is 9.72 Å². The Hall–Kier alpha value is -5.70. The highest BCUT2D eigenvalue weighted by molar-refractivity contribution is 6.07. The fourth-order valence-electron chi connectivity index (χ4n) is 7.98. The summed E-state index contributed by atoms with van der Waals surface area (Å²) in [6, 6.07) is 10.6. The standard InChI is InChI=1S/C40H44FN9O5/c1-25(2)55-33-20-34-44-32(23-49(34)22-30(33)38(53)45-31-21-43-50-15-3-14-42-37(31)50)28-9-16-47(17-10-28)24-36(52)48-18-11-27(12-19-48)26-4-6-29(7-5-26)40(41)13-8-35(51)46-39(40)54/h3-7,14-15,20-23,25,27-28H,8-13,16-19,24H2,1-2H3,(H,45,53)(H,46,51,54). The fraction of sp³-hybridized carbons (Fsp3) is 0.425. The first kappa shape index (κ1) is 36.3. The molecule has 4 aromatic heterocycles. The van der Waals surface area contributed by atoms with Gasteiger partial charge in [-0.2, -0.15) is 5.10 Å². The smallest absolute Gasteiger partial charge is 0.268 e. The Kier molecular flexibility index (Phi) is 9.80. The predicted octanol–water partition coefficient (Wildman–Crippen LogP) is 4.60. The monoisotopic (exact) mass is 749 g/mol. The number of fused-ring (bicyclic) bond motifs is 2. The van der Waals surface area contributed by atoms with Crippen molar-refractivity contribution in [3.05, 3.63) is 89.8 Å². The molecule has 0 aliphatic carbocycles. The first-order valence-electron chi connectivity index (χ1n) is 19.0. The lowest BCUT2D eigenvalue weighted by molar-refractivity contribution is -0.144. The molecule has 3 aliphatic rings. The third kappa shape index (κ3) is 7.40. The number of piperidine rings is 3. The maximum atomic E-state index is 15.5. The molecule has 1 atom stereocenters. The summed E-state index contributed by atoms with van der Waals surface area (Å²) in [5, 5.41) is 9.30. The molecular formula is C40H44FN9O5. The van der Waals surface area contributed by atoms with E-state index in [-0.39, 0.29) is 48.2 Å². The minimum Gasteiger partial charge on any atom is -0.490 e. The van der Waals surface area contributed by atoms with E-state index in [1.165, 1.54) is 0 Å². The molecule has 7 heterocycles. The maximum absolute atomic E-state index is 15.5. The molecular weight excluding hydrogens is 705 g/mol. The Bertz CT molecular complexity index is 2250. The molecule has 0 bridgehead atoms. The molecule has 1 aromatic carbocycles. The Balaban J connectivity index is 0.850. The number of imide groups is 1. The summed E-state index contributed by atoms with van der Waals surface area (Å²) in [5.74, 6) is -0.666. The molecule has 2 N–H and O–H groups in total. The van der Waals surface area contributed by atoms with Gasteiger partial charge in [0.25, 0.3) is 11.8 Å². The molecule has 0 radical (unpaired) electrons. The van der Waals surface area contributed by atoms with E-state index < -0.39 is 17.5 Å². The van der Waals surface area contributed by atoms with E-state index in [2.05, 4.69) is 25.6 Å². The lowest BCUT2D eigenvalue weighted by atomic mass is 9.84. The molecule has 1 unspecified atom stereocenters. The number of anilines is 1. The zero-order valence-corrected chi connectivity index (χ0v) is 30.9. The van der Waals surface area contributed by atoms with Gasteiger partial charge in [-0.3, -0.25) is 29.4 Å². The average Bonchev–Trinajstić information content (AvgIpc) is 3.80. The topological polar surface area (TPSA) is 156 Å². The van der Waals surface area contributed by atoms with E-state index >= 15 is 4.39 Å². The number of nitrogens with zero attached hydrogens (tertiary/aromatic N) is 7. The largest absolute Gasteiger partial charge is 0.490 e. The van der Waals surface area contributed by atoms with Crippen molar-refractivity contribution in [2.24, 2.45) is 0 Å². The van der Waals surface area contributed by atoms with Gasteiger partial charge in [0, 0.05) is 62.7 Å². The lowest BCUT2D eigenvalue weighted by Gasteiger charge is -2.36. The molecule has 3 aliphatic heterocycles. The second-order valence-corrected chi connectivity index (χ2v) is 15.1. The van der Waals surface area contributed by atoms with Gasteiger partial charge >= 0.3 is 0 Å². The summed E-state index contributed by atoms with van der Waals surface area (Å²) < 4.78 is 25.0. The van der Waals surface area contributed by atoms with Crippen LogP contribution in [0.15, 0.2) is 67.4 Å². The normalized spacial score (nSPS) is 20.3. The fourth-order valence-corrected chi connectivity index (χ4v) is 7.98. The molecule has 55 heavy (non-hydrogen) atoms. The van der Waals surface area contributed by atoms with Crippen LogP contribution < -0.4 is 15.4 Å². The van der Waals surface area contributed by atoms with Crippen molar-refractivity contribution in [2.45, 2.75) is 76.0 Å². The van der Waals surface area contributed by atoms with Gasteiger partial charge in [0.2, 0.25) is 17.5 Å². The summed E-state index contributed by atoms with van der Waals surface area (Å²) >= 11 is 0. The number of pyridine rings is 1. The number of rotatable bonds is 9. The lowest BCUT2D eigenvalue weighted by Crippen LogP contribution is -2.49. The molecule has 0 spiro atoms. The van der Waals surface area contributed by atoms with Crippen molar-refractivity contribution in [1.29, 1.82) is 0 Å². The number of carbonyl (C=O) groups is 4. The van der Waals surface area contributed by atoms with Crippen LogP contribution in [0.4, 0.5) is 10.1 Å². The summed E-state index contributed by atoms with van der Waals surface area (Å²) in [6.07, 6.45) is 11.7. The molecule has 15 heteroatoms. The van der Waals surface area contributed by atoms with Gasteiger partial charge in [-0.15, -0.1) is 0 Å². The summed E-state index contributed by atoms with van der Waals surface area (Å²) in [4.78, 5) is 64.1. The van der Waals surface area contributed by atoms with Crippen molar-refractivity contribution < 1.29 is 28.3 Å². The number of halogens is 1. The highest BCUT2D eigenvalue weighted by atomic mass is 19.1. The van der Waals surface area contributed by atoms with E-state index in [0.29, 0.717) is 47.9 Å². The second kappa shape index (κ2) is 14.9. The SMILES string of the molecule is CC(C)Oc1cc2nc(C3CCN(CC(=O)N4CCC(c5ccc(C6(F)CCC(=O)NC6=O)cc5)CC4)CC3)cn2cc1C(=O)Nc1cnn2cccnc12. The number of ether oxygens (including phenoxy) is 1. The number of nitrogens with one attached hydrogen (secondary N) is 2. The average molecular weight is 750 g/mol. The van der Waals surface area contributed by atoms with Gasteiger partial charge in [-0.05, 0) is 75.7 Å². The highest BCUT2D eigenvalue weighted by Gasteiger charge is 2.44. The third-order valence-electron chi connectivity index (χ3n) is 11.1. The van der Waals surface area contributed by atoms with Crippen LogP contribution in [0, 0.1) is 0 Å². The number of alkyl halides is 1. The molecule has 0 saturated carbocycles. The molecule has 4 amide bonds. The third-order valence-corrected chi connectivity index (χ3v) is 11.1. The minimum absolute atomic E-state index is 0.0269. The van der Waals surface area contributed by atoms with Gasteiger partial charge in [0.15, 0.2) is 5.65 Å². The molecule has 3 fully saturated rings. The van der Waals surface area contributed by atoms with Crippen LogP contribution in [-0.4, -0.2) is 96.2 Å². The van der Waals surface area contributed by atoms with Crippen molar-refractivity contribution in [3.8, 4) is 5.75 Å². The molecule has 286 valence electrons. The number of amides is 4. The van der Waals surface area contributed by atoms with Crippen LogP contribution in [0.5, 0.6) is 5.75 Å². The highest BCUT2D eigenvalue weighted by Crippen LogP contribution is 2.36. The van der Waals surface area contributed by atoms with Crippen molar-refractivity contribution in [2.75, 3.05) is 38.0 Å². The zero-order chi connectivity index (χ0) is 38.3. The summed E-state index contributed by atoms with van der Waals surface area (Å²) in [5.41, 5.74) is 2.17. The van der Waals surface area contributed by atoms with Gasteiger partial charge in [-0.1, -0.05) is 24.3 Å². The minimum atomic E-state index is -2.20. The molecule has 3 saturated heterocycles. The second-order valence-electron chi connectivity index (χ2n) is 15.1. The number of carbonyl (C=O) groups excluding carboxylic acids is 4. The number of aromatic nitrogens is 5. The van der Waals surface area contributed by atoms with E-state index in [0.717, 1.165) is 50.0 Å². The quantitative estimate of drug-likeness (QED) is 0.206. The van der Waals surface area contributed by atoms with Gasteiger partial charge in [0.05, 0.1) is 30.1 Å². The Morgan fingerprint density at radius 3 is 2.51 bits per heavy atom. The van der Waals surface area contributed by atoms with Crippen molar-refractivity contribution in [1.82, 2.24) is 39.1 Å². The van der Waals surface area contributed by atoms with E-state index in [9.17, 15) is 19.2 Å². The van der Waals surface area contributed by atoms with Crippen LogP contribution in [0.25, 0.3) is 11.3 Å². The molecule has 8 rings (SSSR count).